The summed E-state index contributed by atoms with van der Waals surface area (Å²) in [4.78, 5) is 3.76. The lowest BCUT2D eigenvalue weighted by molar-refractivity contribution is 0.597. The standard InChI is InChI=1S/C6H6BrClN2O2S/c7-5-1-4(3-13(9,11)12)6(8)10-2-5/h1-2H,3H2,(H2,9,11,12). The van der Waals surface area contributed by atoms with Gasteiger partial charge in [0.2, 0.25) is 10.0 Å². The number of rotatable bonds is 2. The van der Waals surface area contributed by atoms with Crippen LogP contribution in [0.5, 0.6) is 0 Å². The van der Waals surface area contributed by atoms with Gasteiger partial charge in [-0.05, 0) is 22.0 Å². The van der Waals surface area contributed by atoms with E-state index in [1.807, 2.05) is 0 Å². The number of hydrogen-bond acceptors (Lipinski definition) is 3. The summed E-state index contributed by atoms with van der Waals surface area (Å²) in [6, 6.07) is 1.57. The summed E-state index contributed by atoms with van der Waals surface area (Å²) in [5.74, 6) is -0.307. The predicted octanol–water partition coefficient (Wildman–Crippen LogP) is 1.29. The monoisotopic (exact) mass is 284 g/mol. The Bertz CT molecular complexity index is 421. The molecule has 0 radical (unpaired) electrons. The van der Waals surface area contributed by atoms with E-state index in [0.717, 1.165) is 0 Å². The molecule has 0 saturated carbocycles. The molecule has 2 N–H and O–H groups in total. The third-order valence-electron chi connectivity index (χ3n) is 1.24. The number of nitrogens with zero attached hydrogens (tertiary/aromatic N) is 1. The van der Waals surface area contributed by atoms with Crippen LogP contribution in [0.25, 0.3) is 0 Å². The van der Waals surface area contributed by atoms with E-state index in [1.54, 1.807) is 6.07 Å². The Morgan fingerprint density at radius 1 is 1.62 bits per heavy atom. The summed E-state index contributed by atoms with van der Waals surface area (Å²) in [6.07, 6.45) is 1.48. The van der Waals surface area contributed by atoms with Crippen LogP contribution in [-0.2, 0) is 15.8 Å². The summed E-state index contributed by atoms with van der Waals surface area (Å²) in [5.41, 5.74) is 0.388. The molecule has 1 aromatic heterocycles. The first-order valence-corrected chi connectivity index (χ1v) is 6.07. The van der Waals surface area contributed by atoms with E-state index in [1.165, 1.54) is 6.20 Å². The van der Waals surface area contributed by atoms with Gasteiger partial charge in [0.25, 0.3) is 0 Å². The minimum absolute atomic E-state index is 0.150. The Balaban J connectivity index is 3.08. The molecule has 1 aromatic rings. The summed E-state index contributed by atoms with van der Waals surface area (Å²) in [7, 11) is -3.56. The smallest absolute Gasteiger partial charge is 0.213 e. The zero-order valence-corrected chi connectivity index (χ0v) is 9.53. The van der Waals surface area contributed by atoms with Crippen LogP contribution in [0.1, 0.15) is 5.56 Å². The second-order valence-corrected chi connectivity index (χ2v) is 5.30. The normalized spacial score (nSPS) is 11.6. The predicted molar refractivity (Wildman–Crippen MR) is 53.8 cm³/mol. The third-order valence-corrected chi connectivity index (χ3v) is 2.72. The molecule has 1 rings (SSSR count). The van der Waals surface area contributed by atoms with Crippen molar-refractivity contribution in [1.82, 2.24) is 4.98 Å². The van der Waals surface area contributed by atoms with Gasteiger partial charge in [-0.1, -0.05) is 11.6 Å². The Labute approximate surface area is 89.3 Å². The first-order valence-electron chi connectivity index (χ1n) is 3.19. The Morgan fingerprint density at radius 3 is 2.77 bits per heavy atom. The van der Waals surface area contributed by atoms with Crippen molar-refractivity contribution in [2.75, 3.05) is 0 Å². The molecule has 4 nitrogen and oxygen atoms in total. The van der Waals surface area contributed by atoms with Gasteiger partial charge < -0.3 is 0 Å². The molecular weight excluding hydrogens is 280 g/mol. The Hall–Kier alpha value is -0.170. The number of nitrogens with two attached hydrogens (primary N) is 1. The van der Waals surface area contributed by atoms with Crippen molar-refractivity contribution in [3.63, 3.8) is 0 Å². The summed E-state index contributed by atoms with van der Waals surface area (Å²) >= 11 is 8.80. The number of sulfonamides is 1. The first-order chi connectivity index (χ1) is 5.88. The van der Waals surface area contributed by atoms with E-state index in [9.17, 15) is 8.42 Å². The Kier molecular flexibility index (Phi) is 3.28. The van der Waals surface area contributed by atoms with Crippen molar-refractivity contribution < 1.29 is 8.42 Å². The van der Waals surface area contributed by atoms with Gasteiger partial charge in [-0.25, -0.2) is 18.5 Å². The summed E-state index contributed by atoms with van der Waals surface area (Å²) < 4.78 is 22.1. The lowest BCUT2D eigenvalue weighted by Gasteiger charge is -2.01. The third kappa shape index (κ3) is 3.60. The largest absolute Gasteiger partial charge is 0.243 e. The highest BCUT2D eigenvalue weighted by Gasteiger charge is 2.09. The number of pyridine rings is 1. The number of aromatic nitrogens is 1. The SMILES string of the molecule is NS(=O)(=O)Cc1cc(Br)cnc1Cl. The number of hydrogen-bond donors (Lipinski definition) is 1. The van der Waals surface area contributed by atoms with Crippen LogP contribution < -0.4 is 5.14 Å². The van der Waals surface area contributed by atoms with Crippen molar-refractivity contribution >= 4 is 37.6 Å². The Morgan fingerprint density at radius 2 is 2.23 bits per heavy atom. The molecule has 0 fully saturated rings. The first kappa shape index (κ1) is 10.9. The van der Waals surface area contributed by atoms with E-state index < -0.39 is 10.0 Å². The molecule has 0 atom stereocenters. The van der Waals surface area contributed by atoms with E-state index in [4.69, 9.17) is 16.7 Å². The molecule has 0 saturated heterocycles. The van der Waals surface area contributed by atoms with Gasteiger partial charge in [0.1, 0.15) is 5.15 Å². The molecular formula is C6H6BrClN2O2S. The topological polar surface area (TPSA) is 73.1 Å². The minimum Gasteiger partial charge on any atom is -0.243 e. The van der Waals surface area contributed by atoms with E-state index >= 15 is 0 Å². The van der Waals surface area contributed by atoms with Crippen LogP contribution in [0, 0.1) is 0 Å². The molecule has 0 aliphatic heterocycles. The van der Waals surface area contributed by atoms with Gasteiger partial charge in [0.05, 0.1) is 5.75 Å². The fraction of sp³-hybridized carbons (Fsp3) is 0.167. The highest BCUT2D eigenvalue weighted by Crippen LogP contribution is 2.19. The van der Waals surface area contributed by atoms with Gasteiger partial charge in [-0.2, -0.15) is 0 Å². The van der Waals surface area contributed by atoms with Crippen molar-refractivity contribution in [3.05, 3.63) is 27.5 Å². The molecule has 0 aliphatic carbocycles. The molecule has 0 unspecified atom stereocenters. The van der Waals surface area contributed by atoms with Crippen LogP contribution in [0.3, 0.4) is 0 Å². The van der Waals surface area contributed by atoms with E-state index in [0.29, 0.717) is 10.0 Å². The van der Waals surface area contributed by atoms with Crippen LogP contribution in [0.4, 0.5) is 0 Å². The molecule has 0 aliphatic rings. The molecule has 0 aromatic carbocycles. The fourth-order valence-electron chi connectivity index (χ4n) is 0.782. The zero-order chi connectivity index (χ0) is 10.1. The molecule has 0 bridgehead atoms. The maximum absolute atomic E-state index is 10.7. The molecule has 72 valence electrons. The van der Waals surface area contributed by atoms with Crippen LogP contribution in [0.15, 0.2) is 16.7 Å². The maximum atomic E-state index is 10.7. The van der Waals surface area contributed by atoms with Crippen molar-refractivity contribution in [1.29, 1.82) is 0 Å². The summed E-state index contributed by atoms with van der Waals surface area (Å²) in [5, 5.41) is 5.01. The highest BCUT2D eigenvalue weighted by atomic mass is 79.9. The maximum Gasteiger partial charge on any atom is 0.213 e. The summed E-state index contributed by atoms with van der Waals surface area (Å²) in [6.45, 7) is 0. The molecule has 7 heteroatoms. The van der Waals surface area contributed by atoms with Crippen LogP contribution in [0.2, 0.25) is 5.15 Å². The average molecular weight is 286 g/mol. The van der Waals surface area contributed by atoms with Crippen molar-refractivity contribution in [2.24, 2.45) is 5.14 Å². The highest BCUT2D eigenvalue weighted by molar-refractivity contribution is 9.10. The second kappa shape index (κ2) is 3.91. The second-order valence-electron chi connectivity index (χ2n) is 2.41. The lowest BCUT2D eigenvalue weighted by Crippen LogP contribution is -2.14. The number of primary sulfonamides is 1. The van der Waals surface area contributed by atoms with Gasteiger partial charge in [-0.15, -0.1) is 0 Å². The van der Waals surface area contributed by atoms with Gasteiger partial charge >= 0.3 is 0 Å². The van der Waals surface area contributed by atoms with Gasteiger partial charge in [0, 0.05) is 16.2 Å². The molecule has 0 amide bonds. The minimum atomic E-state index is -3.56. The molecule has 0 spiro atoms. The number of halogens is 2. The quantitative estimate of drug-likeness (QED) is 0.832. The molecule has 1 heterocycles. The fourth-order valence-corrected chi connectivity index (χ4v) is 2.06. The van der Waals surface area contributed by atoms with E-state index in [2.05, 4.69) is 20.9 Å². The van der Waals surface area contributed by atoms with E-state index in [-0.39, 0.29) is 10.9 Å². The van der Waals surface area contributed by atoms with Crippen molar-refractivity contribution in [3.8, 4) is 0 Å². The zero-order valence-electron chi connectivity index (χ0n) is 6.37. The van der Waals surface area contributed by atoms with Gasteiger partial charge in [0.15, 0.2) is 0 Å². The van der Waals surface area contributed by atoms with Crippen LogP contribution in [-0.4, -0.2) is 13.4 Å². The van der Waals surface area contributed by atoms with Gasteiger partial charge in [-0.3, -0.25) is 0 Å². The molecule has 13 heavy (non-hydrogen) atoms. The lowest BCUT2D eigenvalue weighted by atomic mass is 10.3. The van der Waals surface area contributed by atoms with Crippen LogP contribution >= 0.6 is 27.5 Å². The average Bonchev–Trinajstić information content (AvgIpc) is 1.94. The van der Waals surface area contributed by atoms with Crippen molar-refractivity contribution in [2.45, 2.75) is 5.75 Å².